The van der Waals surface area contributed by atoms with E-state index in [1.807, 2.05) is 24.3 Å². The molecule has 5 heteroatoms. The lowest BCUT2D eigenvalue weighted by Gasteiger charge is -2.61. The van der Waals surface area contributed by atoms with Crippen LogP contribution in [0.15, 0.2) is 29.4 Å². The fourth-order valence-corrected chi connectivity index (χ4v) is 9.68. The van der Waals surface area contributed by atoms with Crippen molar-refractivity contribution >= 4 is 23.7 Å². The van der Waals surface area contributed by atoms with Crippen molar-refractivity contribution in [3.8, 4) is 0 Å². The van der Waals surface area contributed by atoms with Crippen LogP contribution in [0.25, 0.3) is 0 Å². The molecule has 5 rings (SSSR count). The number of rotatable bonds is 6. The molecule has 4 aliphatic carbocycles. The van der Waals surface area contributed by atoms with Gasteiger partial charge in [-0.15, -0.1) is 0 Å². The molecule has 4 saturated carbocycles. The van der Waals surface area contributed by atoms with E-state index in [1.165, 1.54) is 44.9 Å². The van der Waals surface area contributed by atoms with Gasteiger partial charge in [-0.1, -0.05) is 44.5 Å². The van der Waals surface area contributed by atoms with Gasteiger partial charge in [0, 0.05) is 11.4 Å². The first-order valence-corrected chi connectivity index (χ1v) is 14.8. The molecule has 1 aromatic rings. The lowest BCUT2D eigenvalue weighted by Crippen LogP contribution is -2.54. The van der Waals surface area contributed by atoms with Crippen molar-refractivity contribution in [1.82, 2.24) is 5.43 Å². The smallest absolute Gasteiger partial charge is 0.240 e. The number of halogens is 1. The Bertz CT molecular complexity index is 964. The summed E-state index contributed by atoms with van der Waals surface area (Å²) in [5.41, 5.74) is 4.49. The number of hydrogen-bond acceptors (Lipinski definition) is 3. The number of benzene rings is 1. The molecule has 2 N–H and O–H groups in total. The van der Waals surface area contributed by atoms with Crippen LogP contribution in [-0.2, 0) is 4.79 Å². The van der Waals surface area contributed by atoms with Crippen LogP contribution in [0.5, 0.6) is 0 Å². The number of aliphatic hydroxyl groups excluding tert-OH is 1. The second-order valence-corrected chi connectivity index (χ2v) is 13.6. The molecule has 0 heterocycles. The third kappa shape index (κ3) is 4.89. The van der Waals surface area contributed by atoms with E-state index in [9.17, 15) is 9.90 Å². The quantitative estimate of drug-likeness (QED) is 0.312. The molecular weight excluding hydrogens is 468 g/mol. The van der Waals surface area contributed by atoms with Crippen LogP contribution >= 0.6 is 11.6 Å². The number of amides is 1. The fraction of sp³-hybridized carbons (Fsp3) is 0.742. The predicted molar refractivity (Wildman–Crippen MR) is 147 cm³/mol. The number of hydrogen-bond donors (Lipinski definition) is 2. The van der Waals surface area contributed by atoms with E-state index in [0.29, 0.717) is 34.1 Å². The summed E-state index contributed by atoms with van der Waals surface area (Å²) in [7, 11) is 0. The van der Waals surface area contributed by atoms with E-state index in [1.54, 1.807) is 6.21 Å². The van der Waals surface area contributed by atoms with Crippen molar-refractivity contribution in [1.29, 1.82) is 0 Å². The summed E-state index contributed by atoms with van der Waals surface area (Å²) >= 11 is 5.92. The third-order valence-electron chi connectivity index (χ3n) is 11.5. The molecule has 4 aliphatic rings. The van der Waals surface area contributed by atoms with Gasteiger partial charge >= 0.3 is 0 Å². The Morgan fingerprint density at radius 3 is 2.58 bits per heavy atom. The van der Waals surface area contributed by atoms with Crippen LogP contribution in [0.1, 0.15) is 97.0 Å². The Hall–Kier alpha value is -1.39. The van der Waals surface area contributed by atoms with Crippen LogP contribution in [-0.4, -0.2) is 23.3 Å². The van der Waals surface area contributed by atoms with Gasteiger partial charge in [-0.2, -0.15) is 5.10 Å². The maximum absolute atomic E-state index is 12.5. The highest BCUT2D eigenvalue weighted by Crippen LogP contribution is 2.68. The molecule has 0 saturated heterocycles. The second-order valence-electron chi connectivity index (χ2n) is 13.2. The minimum absolute atomic E-state index is 0.00112. The van der Waals surface area contributed by atoms with Crippen LogP contribution < -0.4 is 5.43 Å². The average molecular weight is 513 g/mol. The van der Waals surface area contributed by atoms with Crippen LogP contribution in [0.3, 0.4) is 0 Å². The average Bonchev–Trinajstić information content (AvgIpc) is 3.21. The molecule has 0 radical (unpaired) electrons. The highest BCUT2D eigenvalue weighted by atomic mass is 35.5. The summed E-state index contributed by atoms with van der Waals surface area (Å²) in [6.07, 6.45) is 14.4. The highest BCUT2D eigenvalue weighted by molar-refractivity contribution is 6.30. The van der Waals surface area contributed by atoms with Gasteiger partial charge in [0.2, 0.25) is 5.91 Å². The van der Waals surface area contributed by atoms with Gasteiger partial charge in [0.1, 0.15) is 0 Å². The Morgan fingerprint density at radius 1 is 1.08 bits per heavy atom. The largest absolute Gasteiger partial charge is 0.393 e. The molecule has 1 aromatic carbocycles. The summed E-state index contributed by atoms with van der Waals surface area (Å²) in [6.45, 7) is 7.55. The van der Waals surface area contributed by atoms with E-state index in [0.717, 1.165) is 48.5 Å². The molecule has 36 heavy (non-hydrogen) atoms. The van der Waals surface area contributed by atoms with Crippen molar-refractivity contribution in [2.24, 2.45) is 51.4 Å². The van der Waals surface area contributed by atoms with Gasteiger partial charge in [-0.3, -0.25) is 4.79 Å². The lowest BCUT2D eigenvalue weighted by molar-refractivity contribution is -0.129. The fourth-order valence-electron chi connectivity index (χ4n) is 9.55. The van der Waals surface area contributed by atoms with E-state index in [4.69, 9.17) is 11.6 Å². The lowest BCUT2D eigenvalue weighted by atomic mass is 9.44. The Morgan fingerprint density at radius 2 is 1.81 bits per heavy atom. The van der Waals surface area contributed by atoms with Gasteiger partial charge in [0.25, 0.3) is 0 Å². The summed E-state index contributed by atoms with van der Waals surface area (Å²) in [4.78, 5) is 12.5. The monoisotopic (exact) mass is 512 g/mol. The number of carbonyl (C=O) groups is 1. The van der Waals surface area contributed by atoms with Crippen molar-refractivity contribution in [2.45, 2.75) is 97.5 Å². The van der Waals surface area contributed by atoms with Crippen molar-refractivity contribution in [3.05, 3.63) is 34.9 Å². The van der Waals surface area contributed by atoms with Crippen LogP contribution in [0, 0.1) is 46.3 Å². The molecule has 198 valence electrons. The first-order valence-electron chi connectivity index (χ1n) is 14.5. The van der Waals surface area contributed by atoms with Crippen molar-refractivity contribution in [2.75, 3.05) is 0 Å². The molecule has 0 aliphatic heterocycles. The zero-order valence-corrected chi connectivity index (χ0v) is 23.1. The Kier molecular flexibility index (Phi) is 7.58. The molecule has 4 nitrogen and oxygen atoms in total. The van der Waals surface area contributed by atoms with E-state index >= 15 is 0 Å². The second kappa shape index (κ2) is 10.4. The molecule has 0 aromatic heterocycles. The molecule has 0 bridgehead atoms. The molecular formula is C31H45ClN2O2. The third-order valence-corrected chi connectivity index (χ3v) is 11.7. The number of carbonyl (C=O) groups excluding carboxylic acids is 1. The summed E-state index contributed by atoms with van der Waals surface area (Å²) in [5, 5.41) is 15.1. The summed E-state index contributed by atoms with van der Waals surface area (Å²) < 4.78 is 0. The maximum Gasteiger partial charge on any atom is 0.240 e. The zero-order valence-electron chi connectivity index (χ0n) is 22.4. The molecule has 1 amide bonds. The number of nitrogens with one attached hydrogen (secondary N) is 1. The first kappa shape index (κ1) is 26.2. The number of fused-ring (bicyclic) bond motifs is 5. The number of nitrogens with zero attached hydrogens (tertiary/aromatic N) is 1. The normalized spacial score (nSPS) is 40.8. The molecule has 4 fully saturated rings. The van der Waals surface area contributed by atoms with Crippen molar-refractivity contribution < 1.29 is 9.90 Å². The van der Waals surface area contributed by atoms with Crippen LogP contribution in [0.2, 0.25) is 5.02 Å². The van der Waals surface area contributed by atoms with E-state index in [-0.39, 0.29) is 12.0 Å². The van der Waals surface area contributed by atoms with Gasteiger partial charge in [0.15, 0.2) is 0 Å². The van der Waals surface area contributed by atoms with Gasteiger partial charge in [0.05, 0.1) is 12.3 Å². The molecule has 0 unspecified atom stereocenters. The van der Waals surface area contributed by atoms with Crippen LogP contribution in [0.4, 0.5) is 0 Å². The maximum atomic E-state index is 12.5. The SMILES string of the molecule is C[C@H](CCC(=O)N/N=C/c1ccc(Cl)cc1)[C@H]1CC[C@H]2[C@@H]3CC[C@@H]4C[C@H](O)CC[C@]4(C)[C@H]3CC[C@]12C. The Labute approximate surface area is 222 Å². The van der Waals surface area contributed by atoms with Gasteiger partial charge in [-0.25, -0.2) is 5.43 Å². The minimum atomic E-state index is -0.0643. The zero-order chi connectivity index (χ0) is 25.5. The minimum Gasteiger partial charge on any atom is -0.393 e. The van der Waals surface area contributed by atoms with Gasteiger partial charge < -0.3 is 5.11 Å². The first-order chi connectivity index (χ1) is 17.2. The van der Waals surface area contributed by atoms with Crippen molar-refractivity contribution in [3.63, 3.8) is 0 Å². The standard InChI is InChI=1S/C31H45ClN2O2/c1-20(4-13-29(36)34-33-19-21-5-8-23(32)9-6-21)26-11-12-27-25-10-7-22-18-24(35)14-16-30(22,2)28(25)15-17-31(26,27)3/h5-6,8-9,19-20,22,24-28,35H,4,7,10-18H2,1-3H3,(H,34,36)/b33-19+/t20-,22-,24-,25+,26-,27+,28+,30+,31-/m1/s1. The Balaban J connectivity index is 1.16. The number of hydrazone groups is 1. The van der Waals surface area contributed by atoms with E-state index in [2.05, 4.69) is 31.3 Å². The molecule has 9 atom stereocenters. The van der Waals surface area contributed by atoms with E-state index < -0.39 is 0 Å². The molecule has 0 spiro atoms. The summed E-state index contributed by atoms with van der Waals surface area (Å²) in [5.74, 6) is 4.55. The topological polar surface area (TPSA) is 61.7 Å². The summed E-state index contributed by atoms with van der Waals surface area (Å²) in [6, 6.07) is 7.41. The highest BCUT2D eigenvalue weighted by Gasteiger charge is 2.60. The number of aliphatic hydroxyl groups is 1. The van der Waals surface area contributed by atoms with Gasteiger partial charge in [-0.05, 0) is 128 Å². The predicted octanol–water partition coefficient (Wildman–Crippen LogP) is 7.23.